The molecule has 6 heteroatoms. The number of rotatable bonds is 7. The van der Waals surface area contributed by atoms with Crippen molar-refractivity contribution in [2.24, 2.45) is 0 Å². The van der Waals surface area contributed by atoms with Crippen LogP contribution in [0.25, 0.3) is 0 Å². The van der Waals surface area contributed by atoms with Gasteiger partial charge in [-0.05, 0) is 43.6 Å². The van der Waals surface area contributed by atoms with Crippen molar-refractivity contribution in [3.8, 4) is 5.75 Å². The van der Waals surface area contributed by atoms with Crippen LogP contribution in [0.5, 0.6) is 5.75 Å². The van der Waals surface area contributed by atoms with E-state index in [1.807, 2.05) is 42.5 Å². The van der Waals surface area contributed by atoms with E-state index in [4.69, 9.17) is 4.74 Å². The summed E-state index contributed by atoms with van der Waals surface area (Å²) in [5.74, 6) is 0.531. The number of nitrogens with one attached hydrogen (secondary N) is 1. The summed E-state index contributed by atoms with van der Waals surface area (Å²) < 4.78 is 5.46. The number of benzene rings is 2. The molecule has 6 nitrogen and oxygen atoms in total. The molecular formula is C23H27N3O3. The van der Waals surface area contributed by atoms with Crippen molar-refractivity contribution in [1.82, 2.24) is 10.2 Å². The van der Waals surface area contributed by atoms with Crippen LogP contribution >= 0.6 is 0 Å². The van der Waals surface area contributed by atoms with Gasteiger partial charge in [0.15, 0.2) is 6.61 Å². The van der Waals surface area contributed by atoms with E-state index < -0.39 is 0 Å². The molecule has 2 amide bonds. The van der Waals surface area contributed by atoms with Crippen molar-refractivity contribution in [2.75, 3.05) is 37.7 Å². The molecule has 1 fully saturated rings. The number of anilines is 1. The number of fused-ring (bicyclic) bond motifs is 1. The molecule has 0 aromatic heterocycles. The lowest BCUT2D eigenvalue weighted by atomic mass is 10.1. The Bertz CT molecular complexity index is 849. The van der Waals surface area contributed by atoms with Gasteiger partial charge in [0.05, 0.1) is 11.7 Å². The fourth-order valence-electron chi connectivity index (χ4n) is 4.10. The molecule has 0 radical (unpaired) electrons. The summed E-state index contributed by atoms with van der Waals surface area (Å²) in [5.41, 5.74) is 1.96. The van der Waals surface area contributed by atoms with Crippen LogP contribution in [0.2, 0.25) is 0 Å². The monoisotopic (exact) mass is 393 g/mol. The first-order valence-corrected chi connectivity index (χ1v) is 10.3. The lowest BCUT2D eigenvalue weighted by Gasteiger charge is -2.30. The van der Waals surface area contributed by atoms with Crippen molar-refractivity contribution >= 4 is 17.5 Å². The number of amides is 2. The van der Waals surface area contributed by atoms with Gasteiger partial charge in [-0.25, -0.2) is 0 Å². The molecule has 4 rings (SSSR count). The van der Waals surface area contributed by atoms with Crippen LogP contribution in [0.3, 0.4) is 0 Å². The fourth-order valence-corrected chi connectivity index (χ4v) is 4.10. The normalized spacial score (nSPS) is 17.5. The van der Waals surface area contributed by atoms with E-state index in [0.717, 1.165) is 18.8 Å². The second kappa shape index (κ2) is 9.09. The fraction of sp³-hybridized carbons (Fsp3) is 0.391. The highest BCUT2D eigenvalue weighted by Gasteiger charge is 2.26. The molecule has 2 aromatic carbocycles. The minimum absolute atomic E-state index is 0.0175. The Morgan fingerprint density at radius 3 is 2.55 bits per heavy atom. The molecule has 2 aliphatic rings. The number of hydrogen-bond donors (Lipinski definition) is 1. The van der Waals surface area contributed by atoms with Gasteiger partial charge in [0.2, 0.25) is 5.91 Å². The highest BCUT2D eigenvalue weighted by atomic mass is 16.5. The van der Waals surface area contributed by atoms with Gasteiger partial charge in [-0.2, -0.15) is 0 Å². The van der Waals surface area contributed by atoms with Crippen molar-refractivity contribution in [2.45, 2.75) is 25.3 Å². The third kappa shape index (κ3) is 4.59. The van der Waals surface area contributed by atoms with Gasteiger partial charge in [-0.15, -0.1) is 0 Å². The van der Waals surface area contributed by atoms with Gasteiger partial charge in [-0.3, -0.25) is 14.5 Å². The van der Waals surface area contributed by atoms with Crippen molar-refractivity contribution in [1.29, 1.82) is 0 Å². The maximum absolute atomic E-state index is 12.6. The molecule has 0 saturated carbocycles. The molecule has 2 heterocycles. The van der Waals surface area contributed by atoms with Crippen LogP contribution in [0.15, 0.2) is 54.6 Å². The smallest absolute Gasteiger partial charge is 0.265 e. The molecular weight excluding hydrogens is 366 g/mol. The minimum atomic E-state index is -0.115. The lowest BCUT2D eigenvalue weighted by molar-refractivity contribution is -0.122. The largest absolute Gasteiger partial charge is 0.482 e. The molecule has 0 spiro atoms. The third-order valence-corrected chi connectivity index (χ3v) is 5.63. The van der Waals surface area contributed by atoms with Crippen molar-refractivity contribution in [3.63, 3.8) is 0 Å². The first kappa shape index (κ1) is 19.5. The van der Waals surface area contributed by atoms with E-state index >= 15 is 0 Å². The quantitative estimate of drug-likeness (QED) is 0.786. The van der Waals surface area contributed by atoms with Crippen LogP contribution in [-0.2, 0) is 9.59 Å². The Morgan fingerprint density at radius 2 is 1.76 bits per heavy atom. The number of hydrogen-bond acceptors (Lipinski definition) is 4. The molecule has 0 bridgehead atoms. The van der Waals surface area contributed by atoms with E-state index in [0.29, 0.717) is 18.8 Å². The Kier molecular flexibility index (Phi) is 6.10. The summed E-state index contributed by atoms with van der Waals surface area (Å²) in [5, 5.41) is 3.09. The predicted molar refractivity (Wildman–Crippen MR) is 112 cm³/mol. The molecule has 1 saturated heterocycles. The van der Waals surface area contributed by atoms with Gasteiger partial charge in [0, 0.05) is 19.5 Å². The van der Waals surface area contributed by atoms with E-state index in [-0.39, 0.29) is 30.9 Å². The minimum Gasteiger partial charge on any atom is -0.482 e. The lowest BCUT2D eigenvalue weighted by Crippen LogP contribution is -2.42. The predicted octanol–water partition coefficient (Wildman–Crippen LogP) is 2.76. The summed E-state index contributed by atoms with van der Waals surface area (Å²) in [4.78, 5) is 28.9. The van der Waals surface area contributed by atoms with Crippen LogP contribution in [-0.4, -0.2) is 49.5 Å². The Hall–Kier alpha value is -2.86. The average Bonchev–Trinajstić information content (AvgIpc) is 3.28. The molecule has 1 N–H and O–H groups in total. The average molecular weight is 393 g/mol. The molecule has 1 unspecified atom stereocenters. The molecule has 152 valence electrons. The number of carbonyl (C=O) groups excluding carboxylic acids is 2. The van der Waals surface area contributed by atoms with Gasteiger partial charge in [0.25, 0.3) is 5.91 Å². The Balaban J connectivity index is 1.35. The zero-order valence-electron chi connectivity index (χ0n) is 16.5. The maximum Gasteiger partial charge on any atom is 0.265 e. The molecule has 2 aliphatic heterocycles. The maximum atomic E-state index is 12.6. The van der Waals surface area contributed by atoms with E-state index in [1.54, 1.807) is 4.90 Å². The summed E-state index contributed by atoms with van der Waals surface area (Å²) >= 11 is 0. The Labute approximate surface area is 171 Å². The number of likely N-dealkylation sites (tertiary alicyclic amines) is 1. The zero-order chi connectivity index (χ0) is 20.1. The van der Waals surface area contributed by atoms with Gasteiger partial charge in [0.1, 0.15) is 5.75 Å². The molecule has 29 heavy (non-hydrogen) atoms. The second-order valence-corrected chi connectivity index (χ2v) is 7.53. The zero-order valence-corrected chi connectivity index (χ0v) is 16.5. The number of nitrogens with zero attached hydrogens (tertiary/aromatic N) is 2. The summed E-state index contributed by atoms with van der Waals surface area (Å²) in [6.07, 6.45) is 2.67. The van der Waals surface area contributed by atoms with Crippen LogP contribution < -0.4 is 15.0 Å². The van der Waals surface area contributed by atoms with Crippen molar-refractivity contribution in [3.05, 3.63) is 60.2 Å². The summed E-state index contributed by atoms with van der Waals surface area (Å²) in [6, 6.07) is 18.0. The standard InChI is InChI=1S/C23H27N3O3/c27-22(12-15-26-19-10-4-5-11-21(19)29-17-23(26)28)24-16-20(25-13-6-7-14-25)18-8-2-1-3-9-18/h1-5,8-11,20H,6-7,12-17H2,(H,24,27). The number of ether oxygens (including phenoxy) is 1. The van der Waals surface area contributed by atoms with E-state index in [9.17, 15) is 9.59 Å². The molecule has 2 aromatic rings. The van der Waals surface area contributed by atoms with Gasteiger partial charge in [-0.1, -0.05) is 42.5 Å². The number of para-hydroxylation sites is 2. The van der Waals surface area contributed by atoms with E-state index in [2.05, 4.69) is 22.3 Å². The van der Waals surface area contributed by atoms with Gasteiger partial charge >= 0.3 is 0 Å². The van der Waals surface area contributed by atoms with Crippen molar-refractivity contribution < 1.29 is 14.3 Å². The van der Waals surface area contributed by atoms with E-state index in [1.165, 1.54) is 18.4 Å². The summed E-state index contributed by atoms with van der Waals surface area (Å²) in [7, 11) is 0. The number of carbonyl (C=O) groups is 2. The van der Waals surface area contributed by atoms with Crippen LogP contribution in [0.4, 0.5) is 5.69 Å². The van der Waals surface area contributed by atoms with Gasteiger partial charge < -0.3 is 15.0 Å². The topological polar surface area (TPSA) is 61.9 Å². The van der Waals surface area contributed by atoms with Crippen LogP contribution in [0.1, 0.15) is 30.9 Å². The molecule has 1 atom stereocenters. The third-order valence-electron chi connectivity index (χ3n) is 5.63. The van der Waals surface area contributed by atoms with Crippen LogP contribution in [0, 0.1) is 0 Å². The second-order valence-electron chi connectivity index (χ2n) is 7.53. The summed E-state index contributed by atoms with van der Waals surface area (Å²) in [6.45, 7) is 3.08. The molecule has 0 aliphatic carbocycles. The first-order valence-electron chi connectivity index (χ1n) is 10.3. The highest BCUT2D eigenvalue weighted by molar-refractivity contribution is 5.98. The SMILES string of the molecule is O=C(CCN1C(=O)COc2ccccc21)NCC(c1ccccc1)N1CCCC1. The Morgan fingerprint density at radius 1 is 1.03 bits per heavy atom. The highest BCUT2D eigenvalue weighted by Crippen LogP contribution is 2.31. The first-order chi connectivity index (χ1) is 14.2.